The van der Waals surface area contributed by atoms with Gasteiger partial charge in [-0.2, -0.15) is 0 Å². The zero-order chi connectivity index (χ0) is 16.4. The summed E-state index contributed by atoms with van der Waals surface area (Å²) in [5, 5.41) is 7.66. The smallest absolute Gasteiger partial charge is 0.337 e. The first-order valence-corrected chi connectivity index (χ1v) is 7.31. The normalized spacial score (nSPS) is 12.5. The molecule has 0 spiro atoms. The fraction of sp³-hybridized carbons (Fsp3) is 0.333. The third-order valence-corrected chi connectivity index (χ3v) is 5.00. The first kappa shape index (κ1) is 16.8. The summed E-state index contributed by atoms with van der Waals surface area (Å²) in [5.41, 5.74) is 5.31. The first-order chi connectivity index (χ1) is 9.62. The zero-order valence-electron chi connectivity index (χ0n) is 11.7. The minimum absolute atomic E-state index is 0.0903. The number of nitrogen functional groups attached to an aromatic ring is 1. The van der Waals surface area contributed by atoms with E-state index in [1.54, 1.807) is 0 Å². The van der Waals surface area contributed by atoms with Crippen LogP contribution in [0.3, 0.4) is 0 Å². The van der Waals surface area contributed by atoms with Crippen LogP contribution in [0.4, 0.5) is 11.4 Å². The molecule has 3 N–H and O–H groups in total. The Kier molecular flexibility index (Phi) is 4.79. The maximum absolute atomic E-state index is 12.3. The highest BCUT2D eigenvalue weighted by atomic mass is 32.2. The Balaban J connectivity index is 3.35. The highest BCUT2D eigenvalue weighted by molar-refractivity contribution is 7.94. The van der Waals surface area contributed by atoms with Crippen LogP contribution in [-0.4, -0.2) is 44.9 Å². The highest BCUT2D eigenvalue weighted by Gasteiger charge is 2.34. The summed E-state index contributed by atoms with van der Waals surface area (Å²) in [6.07, 6.45) is 0. The van der Waals surface area contributed by atoms with Gasteiger partial charge in [-0.1, -0.05) is 0 Å². The van der Waals surface area contributed by atoms with Crippen molar-refractivity contribution in [3.63, 3.8) is 0 Å². The number of nitrogens with two attached hydrogens (primary N) is 1. The Morgan fingerprint density at radius 1 is 1.38 bits per heavy atom. The Morgan fingerprint density at radius 2 is 1.95 bits per heavy atom. The molecule has 0 saturated carbocycles. The zero-order valence-corrected chi connectivity index (χ0v) is 12.5. The Morgan fingerprint density at radius 3 is 2.43 bits per heavy atom. The van der Waals surface area contributed by atoms with Gasteiger partial charge in [-0.25, -0.2) is 13.2 Å². The van der Waals surface area contributed by atoms with Crippen LogP contribution in [-0.2, 0) is 19.6 Å². The number of sulfonamides is 1. The van der Waals surface area contributed by atoms with E-state index >= 15 is 0 Å². The standard InChI is InChI=1S/C12H16N2O6S/c1-7(12(17)20-3)21(18,19)14(2)10-5-4-8(13)6-9(10)11(15)16/h4-7H,13H2,1-3H3,(H,15,16). The number of methoxy groups -OCH3 is 1. The lowest BCUT2D eigenvalue weighted by molar-refractivity contribution is -0.139. The van der Waals surface area contributed by atoms with Crippen LogP contribution >= 0.6 is 0 Å². The number of nitrogens with zero attached hydrogens (tertiary/aromatic N) is 1. The van der Waals surface area contributed by atoms with Crippen molar-refractivity contribution < 1.29 is 27.9 Å². The molecule has 0 aliphatic carbocycles. The van der Waals surface area contributed by atoms with Gasteiger partial charge in [0, 0.05) is 12.7 Å². The first-order valence-electron chi connectivity index (χ1n) is 5.81. The van der Waals surface area contributed by atoms with Crippen molar-refractivity contribution in [3.8, 4) is 0 Å². The largest absolute Gasteiger partial charge is 0.478 e. The number of carboxylic acids is 1. The van der Waals surface area contributed by atoms with E-state index in [0.29, 0.717) is 0 Å². The van der Waals surface area contributed by atoms with Crippen molar-refractivity contribution in [2.45, 2.75) is 12.2 Å². The molecule has 0 amide bonds. The maximum Gasteiger partial charge on any atom is 0.337 e. The molecule has 0 saturated heterocycles. The van der Waals surface area contributed by atoms with Gasteiger partial charge in [-0.05, 0) is 25.1 Å². The van der Waals surface area contributed by atoms with Gasteiger partial charge in [0.2, 0.25) is 10.0 Å². The average Bonchev–Trinajstić information content (AvgIpc) is 2.44. The molecule has 21 heavy (non-hydrogen) atoms. The number of carboxylic acid groups (broad SMARTS) is 1. The lowest BCUT2D eigenvalue weighted by Crippen LogP contribution is -2.40. The number of benzene rings is 1. The summed E-state index contributed by atoms with van der Waals surface area (Å²) < 4.78 is 29.7. The number of hydrogen-bond acceptors (Lipinski definition) is 6. The van der Waals surface area contributed by atoms with Gasteiger partial charge in [0.05, 0.1) is 18.4 Å². The van der Waals surface area contributed by atoms with Crippen LogP contribution in [0.1, 0.15) is 17.3 Å². The highest BCUT2D eigenvalue weighted by Crippen LogP contribution is 2.26. The summed E-state index contributed by atoms with van der Waals surface area (Å²) in [6, 6.07) is 3.78. The van der Waals surface area contributed by atoms with Gasteiger partial charge < -0.3 is 15.6 Å². The second-order valence-corrected chi connectivity index (χ2v) is 6.54. The summed E-state index contributed by atoms with van der Waals surface area (Å²) in [5.74, 6) is -2.26. The van der Waals surface area contributed by atoms with Gasteiger partial charge >= 0.3 is 11.9 Å². The lowest BCUT2D eigenvalue weighted by atomic mass is 10.1. The van der Waals surface area contributed by atoms with Crippen LogP contribution < -0.4 is 10.0 Å². The minimum atomic E-state index is -4.12. The van der Waals surface area contributed by atoms with Crippen LogP contribution in [0.5, 0.6) is 0 Å². The topological polar surface area (TPSA) is 127 Å². The van der Waals surface area contributed by atoms with Crippen LogP contribution in [0.15, 0.2) is 18.2 Å². The number of rotatable bonds is 5. The number of aromatic carboxylic acids is 1. The molecule has 1 aromatic rings. The average molecular weight is 316 g/mol. The number of esters is 1. The van der Waals surface area contributed by atoms with Gasteiger partial charge in [-0.15, -0.1) is 0 Å². The second kappa shape index (κ2) is 6.00. The van der Waals surface area contributed by atoms with Gasteiger partial charge in [0.1, 0.15) is 0 Å². The van der Waals surface area contributed by atoms with Gasteiger partial charge in [0.25, 0.3) is 0 Å². The van der Waals surface area contributed by atoms with E-state index in [4.69, 9.17) is 10.8 Å². The van der Waals surface area contributed by atoms with E-state index in [1.165, 1.54) is 12.1 Å². The predicted molar refractivity (Wildman–Crippen MR) is 76.6 cm³/mol. The van der Waals surface area contributed by atoms with Crippen molar-refractivity contribution in [3.05, 3.63) is 23.8 Å². The quantitative estimate of drug-likeness (QED) is 0.590. The summed E-state index contributed by atoms with van der Waals surface area (Å²) in [6.45, 7) is 1.16. The number of carbonyl (C=O) groups excluding carboxylic acids is 1. The Hall–Kier alpha value is -2.29. The molecule has 116 valence electrons. The van der Waals surface area contributed by atoms with Crippen LogP contribution in [0.25, 0.3) is 0 Å². The van der Waals surface area contributed by atoms with Crippen molar-refractivity contribution in [1.82, 2.24) is 0 Å². The molecule has 0 bridgehead atoms. The predicted octanol–water partition coefficient (Wildman–Crippen LogP) is 0.295. The Labute approximate surface area is 122 Å². The fourth-order valence-corrected chi connectivity index (χ4v) is 2.91. The van der Waals surface area contributed by atoms with E-state index in [-0.39, 0.29) is 16.9 Å². The maximum atomic E-state index is 12.3. The molecule has 9 heteroatoms. The molecular weight excluding hydrogens is 300 g/mol. The molecule has 0 heterocycles. The van der Waals surface area contributed by atoms with E-state index < -0.39 is 27.2 Å². The van der Waals surface area contributed by atoms with E-state index in [2.05, 4.69) is 4.74 Å². The van der Waals surface area contributed by atoms with Crippen LogP contribution in [0, 0.1) is 0 Å². The van der Waals surface area contributed by atoms with E-state index in [1.807, 2.05) is 0 Å². The van der Waals surface area contributed by atoms with E-state index in [0.717, 1.165) is 31.5 Å². The monoisotopic (exact) mass is 316 g/mol. The summed E-state index contributed by atoms with van der Waals surface area (Å²) in [7, 11) is -1.89. The second-order valence-electron chi connectivity index (χ2n) is 4.26. The van der Waals surface area contributed by atoms with Crippen molar-refractivity contribution in [2.24, 2.45) is 0 Å². The molecule has 0 aliphatic heterocycles. The summed E-state index contributed by atoms with van der Waals surface area (Å²) in [4.78, 5) is 22.6. The molecule has 0 aliphatic rings. The molecule has 1 rings (SSSR count). The third kappa shape index (κ3) is 3.24. The molecule has 1 atom stereocenters. The third-order valence-electron chi connectivity index (χ3n) is 2.95. The lowest BCUT2D eigenvalue weighted by Gasteiger charge is -2.24. The number of anilines is 2. The fourth-order valence-electron chi connectivity index (χ4n) is 1.66. The number of hydrogen-bond donors (Lipinski definition) is 2. The molecule has 1 aromatic carbocycles. The molecule has 0 radical (unpaired) electrons. The molecule has 0 aromatic heterocycles. The Bertz CT molecular complexity index is 670. The minimum Gasteiger partial charge on any atom is -0.478 e. The van der Waals surface area contributed by atoms with Gasteiger partial charge in [-0.3, -0.25) is 9.10 Å². The van der Waals surface area contributed by atoms with E-state index in [9.17, 15) is 18.0 Å². The molecule has 1 unspecified atom stereocenters. The van der Waals surface area contributed by atoms with Crippen molar-refractivity contribution in [1.29, 1.82) is 0 Å². The SMILES string of the molecule is COC(=O)C(C)S(=O)(=O)N(C)c1ccc(N)cc1C(=O)O. The molecule has 0 fully saturated rings. The summed E-state index contributed by atoms with van der Waals surface area (Å²) >= 11 is 0. The van der Waals surface area contributed by atoms with Crippen molar-refractivity contribution >= 4 is 33.3 Å². The molecule has 8 nitrogen and oxygen atoms in total. The van der Waals surface area contributed by atoms with Crippen LogP contribution in [0.2, 0.25) is 0 Å². The van der Waals surface area contributed by atoms with Crippen molar-refractivity contribution in [2.75, 3.05) is 24.2 Å². The number of carbonyl (C=O) groups is 2. The number of ether oxygens (including phenoxy) is 1. The molecular formula is C12H16N2O6S. The van der Waals surface area contributed by atoms with Gasteiger partial charge in [0.15, 0.2) is 5.25 Å².